The van der Waals surface area contributed by atoms with Crippen LogP contribution >= 0.6 is 0 Å². The largest absolute Gasteiger partial charge is 0.328 e. The summed E-state index contributed by atoms with van der Waals surface area (Å²) in [7, 11) is 0. The van der Waals surface area contributed by atoms with Crippen molar-refractivity contribution in [1.82, 2.24) is 4.90 Å². The maximum absolute atomic E-state index is 5.97. The van der Waals surface area contributed by atoms with E-state index < -0.39 is 0 Å². The second-order valence-corrected chi connectivity index (χ2v) is 7.72. The minimum Gasteiger partial charge on any atom is -0.328 e. The van der Waals surface area contributed by atoms with Crippen molar-refractivity contribution in [1.29, 1.82) is 0 Å². The van der Waals surface area contributed by atoms with Gasteiger partial charge in [0.05, 0.1) is 0 Å². The molecule has 0 atom stereocenters. The second kappa shape index (κ2) is 5.92. The Labute approximate surface area is 113 Å². The van der Waals surface area contributed by atoms with Gasteiger partial charge in [-0.1, -0.05) is 20.8 Å². The molecule has 2 N–H and O–H groups in total. The molecule has 2 nitrogen and oxygen atoms in total. The van der Waals surface area contributed by atoms with Crippen molar-refractivity contribution < 1.29 is 0 Å². The maximum Gasteiger partial charge on any atom is 0.00631 e. The molecule has 0 unspecified atom stereocenters. The summed E-state index contributed by atoms with van der Waals surface area (Å²) < 4.78 is 0. The maximum atomic E-state index is 5.97. The molecule has 2 aliphatic rings. The normalized spacial score (nSPS) is 32.7. The van der Waals surface area contributed by atoms with Gasteiger partial charge in [0.1, 0.15) is 0 Å². The van der Waals surface area contributed by atoms with Gasteiger partial charge in [0, 0.05) is 12.6 Å². The van der Waals surface area contributed by atoms with E-state index in [1.165, 1.54) is 58.2 Å². The number of nitrogens with two attached hydrogens (primary N) is 1. The van der Waals surface area contributed by atoms with Crippen LogP contribution in [0.3, 0.4) is 0 Å². The Hall–Kier alpha value is -0.0800. The lowest BCUT2D eigenvalue weighted by atomic mass is 9.70. The van der Waals surface area contributed by atoms with Crippen LogP contribution in [0.5, 0.6) is 0 Å². The highest BCUT2D eigenvalue weighted by atomic mass is 15.1. The molecule has 2 fully saturated rings. The Balaban J connectivity index is 1.70. The lowest BCUT2D eigenvalue weighted by Gasteiger charge is -2.39. The van der Waals surface area contributed by atoms with Gasteiger partial charge in [-0.3, -0.25) is 0 Å². The average Bonchev–Trinajstić information content (AvgIpc) is 2.32. The van der Waals surface area contributed by atoms with Crippen LogP contribution in [-0.2, 0) is 0 Å². The molecule has 0 spiro atoms. The molecule has 1 saturated heterocycles. The topological polar surface area (TPSA) is 29.3 Å². The molecule has 18 heavy (non-hydrogen) atoms. The van der Waals surface area contributed by atoms with Gasteiger partial charge in [-0.15, -0.1) is 0 Å². The van der Waals surface area contributed by atoms with Gasteiger partial charge >= 0.3 is 0 Å². The minimum absolute atomic E-state index is 0.470. The van der Waals surface area contributed by atoms with E-state index in [1.807, 2.05) is 0 Å². The molecule has 0 radical (unpaired) electrons. The Morgan fingerprint density at radius 1 is 0.944 bits per heavy atom. The zero-order chi connectivity index (χ0) is 13.2. The van der Waals surface area contributed by atoms with E-state index in [1.54, 1.807) is 0 Å². The van der Waals surface area contributed by atoms with Crippen LogP contribution in [0.25, 0.3) is 0 Å². The van der Waals surface area contributed by atoms with Crippen LogP contribution in [0.15, 0.2) is 0 Å². The highest BCUT2D eigenvalue weighted by Gasteiger charge is 2.30. The zero-order valence-electron chi connectivity index (χ0n) is 12.6. The Bertz CT molecular complexity index is 240. The quantitative estimate of drug-likeness (QED) is 0.817. The van der Waals surface area contributed by atoms with Gasteiger partial charge in [0.15, 0.2) is 0 Å². The molecular weight excluding hydrogens is 220 g/mol. The van der Waals surface area contributed by atoms with Crippen LogP contribution in [-0.4, -0.2) is 30.6 Å². The van der Waals surface area contributed by atoms with Gasteiger partial charge in [0.2, 0.25) is 0 Å². The van der Waals surface area contributed by atoms with E-state index in [2.05, 4.69) is 25.7 Å². The van der Waals surface area contributed by atoms with Crippen LogP contribution < -0.4 is 5.73 Å². The number of piperidine rings is 1. The fourth-order valence-corrected chi connectivity index (χ4v) is 3.71. The van der Waals surface area contributed by atoms with Crippen molar-refractivity contribution in [3.8, 4) is 0 Å². The molecule has 1 aliphatic heterocycles. The summed E-state index contributed by atoms with van der Waals surface area (Å²) in [5, 5.41) is 0. The molecule has 106 valence electrons. The molecule has 2 rings (SSSR count). The van der Waals surface area contributed by atoms with Crippen LogP contribution in [0.2, 0.25) is 0 Å². The van der Waals surface area contributed by atoms with Gasteiger partial charge < -0.3 is 10.6 Å². The minimum atomic E-state index is 0.470. The van der Waals surface area contributed by atoms with E-state index in [0.29, 0.717) is 11.5 Å². The second-order valence-electron chi connectivity index (χ2n) is 7.72. The van der Waals surface area contributed by atoms with Crippen molar-refractivity contribution in [2.24, 2.45) is 23.0 Å². The monoisotopic (exact) mass is 252 g/mol. The third-order valence-electron chi connectivity index (χ3n) is 5.22. The third-order valence-corrected chi connectivity index (χ3v) is 5.22. The third kappa shape index (κ3) is 3.96. The highest BCUT2D eigenvalue weighted by molar-refractivity contribution is 4.83. The van der Waals surface area contributed by atoms with Crippen LogP contribution in [0.1, 0.15) is 59.3 Å². The number of rotatable bonds is 2. The lowest BCUT2D eigenvalue weighted by molar-refractivity contribution is 0.114. The molecule has 0 amide bonds. The van der Waals surface area contributed by atoms with Crippen LogP contribution in [0.4, 0.5) is 0 Å². The first-order chi connectivity index (χ1) is 8.45. The molecule has 0 aromatic carbocycles. The smallest absolute Gasteiger partial charge is 0.00631 e. The average molecular weight is 252 g/mol. The SMILES string of the molecule is CC(C)(C)C1CCC(CN2CCC(N)CC2)CC1. The highest BCUT2D eigenvalue weighted by Crippen LogP contribution is 2.40. The molecule has 2 heteroatoms. The molecule has 0 aromatic heterocycles. The summed E-state index contributed by atoms with van der Waals surface area (Å²) in [6.45, 7) is 11.0. The lowest BCUT2D eigenvalue weighted by Crippen LogP contribution is -2.42. The predicted octanol–water partition coefficient (Wildman–Crippen LogP) is 3.26. The Morgan fingerprint density at radius 2 is 1.50 bits per heavy atom. The first kappa shape index (κ1) is 14.3. The molecular formula is C16H32N2. The molecule has 1 aliphatic carbocycles. The van der Waals surface area contributed by atoms with Crippen molar-refractivity contribution >= 4 is 0 Å². The Morgan fingerprint density at radius 3 is 2.00 bits per heavy atom. The van der Waals surface area contributed by atoms with Gasteiger partial charge in [0.25, 0.3) is 0 Å². The summed E-state index contributed by atoms with van der Waals surface area (Å²) >= 11 is 0. The molecule has 0 bridgehead atoms. The number of hydrogen-bond donors (Lipinski definition) is 1. The van der Waals surface area contributed by atoms with E-state index in [9.17, 15) is 0 Å². The molecule has 0 aromatic rings. The first-order valence-corrected chi connectivity index (χ1v) is 7.93. The summed E-state index contributed by atoms with van der Waals surface area (Å²) in [5.74, 6) is 1.90. The van der Waals surface area contributed by atoms with E-state index >= 15 is 0 Å². The van der Waals surface area contributed by atoms with Crippen molar-refractivity contribution in [3.05, 3.63) is 0 Å². The van der Waals surface area contributed by atoms with Crippen molar-refractivity contribution in [3.63, 3.8) is 0 Å². The summed E-state index contributed by atoms with van der Waals surface area (Å²) in [6, 6.07) is 0.470. The summed E-state index contributed by atoms with van der Waals surface area (Å²) in [5.41, 5.74) is 6.49. The fraction of sp³-hybridized carbons (Fsp3) is 1.00. The van der Waals surface area contributed by atoms with E-state index in [0.717, 1.165) is 11.8 Å². The first-order valence-electron chi connectivity index (χ1n) is 7.93. The predicted molar refractivity (Wildman–Crippen MR) is 78.6 cm³/mol. The van der Waals surface area contributed by atoms with Crippen molar-refractivity contribution in [2.45, 2.75) is 65.3 Å². The van der Waals surface area contributed by atoms with Gasteiger partial charge in [-0.2, -0.15) is 0 Å². The van der Waals surface area contributed by atoms with E-state index in [4.69, 9.17) is 5.73 Å². The fourth-order valence-electron chi connectivity index (χ4n) is 3.71. The standard InChI is InChI=1S/C16H32N2/c1-16(2,3)14-6-4-13(5-7-14)12-18-10-8-15(17)9-11-18/h13-15H,4-12,17H2,1-3H3. The van der Waals surface area contributed by atoms with Gasteiger partial charge in [-0.05, 0) is 68.9 Å². The van der Waals surface area contributed by atoms with Crippen molar-refractivity contribution in [2.75, 3.05) is 19.6 Å². The summed E-state index contributed by atoms with van der Waals surface area (Å²) in [4.78, 5) is 2.66. The Kier molecular flexibility index (Phi) is 4.71. The molecule has 1 saturated carbocycles. The summed E-state index contributed by atoms with van der Waals surface area (Å²) in [6.07, 6.45) is 8.20. The van der Waals surface area contributed by atoms with Crippen LogP contribution in [0, 0.1) is 17.3 Å². The number of nitrogens with zero attached hydrogens (tertiary/aromatic N) is 1. The van der Waals surface area contributed by atoms with Gasteiger partial charge in [-0.25, -0.2) is 0 Å². The van der Waals surface area contributed by atoms with E-state index in [-0.39, 0.29) is 0 Å². The molecule has 1 heterocycles. The zero-order valence-corrected chi connectivity index (χ0v) is 12.6. The number of likely N-dealkylation sites (tertiary alicyclic amines) is 1. The number of hydrogen-bond acceptors (Lipinski definition) is 2.